The van der Waals surface area contributed by atoms with Gasteiger partial charge in [-0.2, -0.15) is 22.0 Å². The van der Waals surface area contributed by atoms with Gasteiger partial charge in [0.25, 0.3) is 5.91 Å². The van der Waals surface area contributed by atoms with Gasteiger partial charge in [-0.3, -0.25) is 9.69 Å². The number of anilines is 1. The molecule has 3 heterocycles. The van der Waals surface area contributed by atoms with Gasteiger partial charge >= 0.3 is 12.1 Å². The van der Waals surface area contributed by atoms with Gasteiger partial charge < -0.3 is 9.47 Å². The predicted molar refractivity (Wildman–Crippen MR) is 131 cm³/mol. The number of carbonyl (C=O) groups is 1. The quantitative estimate of drug-likeness (QED) is 0.338. The molecule has 1 saturated heterocycles. The Bertz CT molecular complexity index is 1450. The molecule has 1 fully saturated rings. The van der Waals surface area contributed by atoms with Crippen LogP contribution in [0.5, 0.6) is 0 Å². The lowest BCUT2D eigenvalue weighted by Gasteiger charge is -2.30. The minimum atomic E-state index is -4.79. The maximum absolute atomic E-state index is 15.8. The highest BCUT2D eigenvalue weighted by Crippen LogP contribution is 2.48. The SMILES string of the molecule is C[C@H](c1cc2c(c(C(F)(F)F)c1)CN(c1cccc([C@@](C)(F)C(F)(F)c3nncn3C)c1)C2=O)N1CC[C@H](F)C1. The number of aryl methyl sites for hydroxylation is 1. The van der Waals surface area contributed by atoms with Gasteiger partial charge in [-0.1, -0.05) is 12.1 Å². The summed E-state index contributed by atoms with van der Waals surface area (Å²) in [5, 5.41) is 6.72. The fraction of sp³-hybridized carbons (Fsp3) is 0.444. The van der Waals surface area contributed by atoms with Crippen molar-refractivity contribution in [2.24, 2.45) is 7.05 Å². The summed E-state index contributed by atoms with van der Waals surface area (Å²) in [4.78, 5) is 16.2. The zero-order chi connectivity index (χ0) is 29.2. The van der Waals surface area contributed by atoms with Gasteiger partial charge in [0.1, 0.15) is 12.5 Å². The number of alkyl halides is 7. The highest BCUT2D eigenvalue weighted by molar-refractivity contribution is 6.10. The monoisotopic (exact) mass is 569 g/mol. The second-order valence-electron chi connectivity index (χ2n) is 10.4. The van der Waals surface area contributed by atoms with E-state index in [-0.39, 0.29) is 35.3 Å². The van der Waals surface area contributed by atoms with Crippen LogP contribution in [0.1, 0.15) is 64.7 Å². The zero-order valence-electron chi connectivity index (χ0n) is 21.8. The van der Waals surface area contributed by atoms with Crippen molar-refractivity contribution in [3.05, 3.63) is 76.4 Å². The van der Waals surface area contributed by atoms with E-state index in [0.29, 0.717) is 13.5 Å². The first kappa shape index (κ1) is 28.1. The van der Waals surface area contributed by atoms with Crippen LogP contribution in [0.15, 0.2) is 42.7 Å². The predicted octanol–water partition coefficient (Wildman–Crippen LogP) is 6.08. The molecule has 0 N–H and O–H groups in total. The van der Waals surface area contributed by atoms with Crippen LogP contribution >= 0.6 is 0 Å². The Balaban J connectivity index is 1.51. The van der Waals surface area contributed by atoms with Crippen molar-refractivity contribution >= 4 is 11.6 Å². The van der Waals surface area contributed by atoms with Gasteiger partial charge in [0.2, 0.25) is 11.5 Å². The van der Waals surface area contributed by atoms with Gasteiger partial charge in [0.15, 0.2) is 0 Å². The Kier molecular flexibility index (Phi) is 6.71. The van der Waals surface area contributed by atoms with E-state index in [2.05, 4.69) is 10.2 Å². The summed E-state index contributed by atoms with van der Waals surface area (Å²) in [6.45, 7) is 2.28. The molecular weight excluding hydrogens is 543 g/mol. The van der Waals surface area contributed by atoms with E-state index in [1.54, 1.807) is 11.8 Å². The Hall–Kier alpha value is -3.48. The average molecular weight is 570 g/mol. The summed E-state index contributed by atoms with van der Waals surface area (Å²) in [6, 6.07) is 6.49. The first-order valence-corrected chi connectivity index (χ1v) is 12.6. The molecule has 3 aromatic rings. The largest absolute Gasteiger partial charge is 0.416 e. The van der Waals surface area contributed by atoms with Gasteiger partial charge in [0, 0.05) is 37.4 Å². The number of amides is 1. The lowest BCUT2D eigenvalue weighted by Crippen LogP contribution is -2.39. The Morgan fingerprint density at radius 2 is 1.80 bits per heavy atom. The van der Waals surface area contributed by atoms with Crippen molar-refractivity contribution in [3.63, 3.8) is 0 Å². The maximum atomic E-state index is 15.8. The smallest absolute Gasteiger partial charge is 0.316 e. The molecule has 0 unspecified atom stereocenters. The Morgan fingerprint density at radius 1 is 1.07 bits per heavy atom. The van der Waals surface area contributed by atoms with E-state index >= 15 is 13.2 Å². The molecule has 1 aromatic heterocycles. The number of rotatable bonds is 6. The number of aromatic nitrogens is 3. The van der Waals surface area contributed by atoms with Crippen molar-refractivity contribution < 1.29 is 35.5 Å². The molecule has 0 spiro atoms. The molecule has 40 heavy (non-hydrogen) atoms. The Labute approximate surface area is 225 Å². The first-order chi connectivity index (χ1) is 18.6. The molecule has 6 nitrogen and oxygen atoms in total. The van der Waals surface area contributed by atoms with Crippen LogP contribution in [0, 0.1) is 0 Å². The zero-order valence-corrected chi connectivity index (χ0v) is 21.8. The number of halogens is 7. The number of hydrogen-bond acceptors (Lipinski definition) is 4. The highest BCUT2D eigenvalue weighted by Gasteiger charge is 2.57. The van der Waals surface area contributed by atoms with Crippen molar-refractivity contribution in [3.8, 4) is 0 Å². The van der Waals surface area contributed by atoms with Crippen molar-refractivity contribution in [1.29, 1.82) is 0 Å². The molecule has 5 rings (SSSR count). The van der Waals surface area contributed by atoms with Gasteiger partial charge in [-0.05, 0) is 61.2 Å². The summed E-state index contributed by atoms with van der Waals surface area (Å²) < 4.78 is 103. The van der Waals surface area contributed by atoms with Crippen molar-refractivity contribution in [1.82, 2.24) is 19.7 Å². The second-order valence-corrected chi connectivity index (χ2v) is 10.4. The van der Waals surface area contributed by atoms with E-state index in [4.69, 9.17) is 0 Å². The minimum absolute atomic E-state index is 0.0427. The average Bonchev–Trinajstić information content (AvgIpc) is 3.61. The number of fused-ring (bicyclic) bond motifs is 1. The lowest BCUT2D eigenvalue weighted by atomic mass is 9.90. The van der Waals surface area contributed by atoms with Crippen LogP contribution in [0.25, 0.3) is 0 Å². The molecular formula is C27H26F7N5O. The highest BCUT2D eigenvalue weighted by atomic mass is 19.4. The van der Waals surface area contributed by atoms with Crippen LogP contribution in [-0.2, 0) is 31.4 Å². The lowest BCUT2D eigenvalue weighted by molar-refractivity contribution is -0.149. The molecule has 0 bridgehead atoms. The normalized spacial score (nSPS) is 20.6. The van der Waals surface area contributed by atoms with E-state index < -0.39 is 59.4 Å². The van der Waals surface area contributed by atoms with E-state index in [1.165, 1.54) is 25.2 Å². The van der Waals surface area contributed by atoms with E-state index in [9.17, 15) is 22.4 Å². The number of benzene rings is 2. The molecule has 0 radical (unpaired) electrons. The summed E-state index contributed by atoms with van der Waals surface area (Å²) in [5.41, 5.74) is -5.09. The summed E-state index contributed by atoms with van der Waals surface area (Å²) >= 11 is 0. The second kappa shape index (κ2) is 9.57. The van der Waals surface area contributed by atoms with Crippen LogP contribution in [0.2, 0.25) is 0 Å². The molecule has 13 heteroatoms. The fourth-order valence-corrected chi connectivity index (χ4v) is 5.36. The topological polar surface area (TPSA) is 54.3 Å². The molecule has 1 amide bonds. The molecule has 0 saturated carbocycles. The minimum Gasteiger partial charge on any atom is -0.316 e. The molecule has 3 atom stereocenters. The fourth-order valence-electron chi connectivity index (χ4n) is 5.36. The molecule has 2 aliphatic rings. The maximum Gasteiger partial charge on any atom is 0.416 e. The van der Waals surface area contributed by atoms with Crippen LogP contribution in [0.3, 0.4) is 0 Å². The summed E-state index contributed by atoms with van der Waals surface area (Å²) in [5.74, 6) is -5.82. The van der Waals surface area contributed by atoms with Crippen molar-refractivity contribution in [2.75, 3.05) is 18.0 Å². The standard InChI is InChI=1S/C27H26F7N5O/c1-15(38-8-7-18(28)12-38)16-9-20-21(22(10-16)27(32,33)34)13-39(23(20)40)19-6-4-5-17(11-19)25(2,29)26(30,31)24-36-35-14-37(24)3/h4-6,9-11,14-15,18H,7-8,12-13H2,1-3H3/t15-,18+,25-/m1/s1. The number of carbonyl (C=O) groups excluding carboxylic acids is 1. The molecule has 2 aliphatic heterocycles. The summed E-state index contributed by atoms with van der Waals surface area (Å²) in [7, 11) is 1.24. The third-order valence-corrected chi connectivity index (χ3v) is 7.84. The van der Waals surface area contributed by atoms with Crippen LogP contribution in [-0.4, -0.2) is 44.8 Å². The number of likely N-dealkylation sites (tertiary alicyclic amines) is 1. The number of nitrogens with zero attached hydrogens (tertiary/aromatic N) is 5. The summed E-state index contributed by atoms with van der Waals surface area (Å²) in [6.07, 6.45) is -4.59. The molecule has 2 aromatic carbocycles. The third-order valence-electron chi connectivity index (χ3n) is 7.84. The molecule has 0 aliphatic carbocycles. The van der Waals surface area contributed by atoms with Gasteiger partial charge in [-0.15, -0.1) is 10.2 Å². The van der Waals surface area contributed by atoms with Crippen molar-refractivity contribution in [2.45, 2.75) is 56.8 Å². The molecule has 214 valence electrons. The van der Waals surface area contributed by atoms with E-state index in [0.717, 1.165) is 34.0 Å². The van der Waals surface area contributed by atoms with Crippen LogP contribution in [0.4, 0.5) is 36.4 Å². The van der Waals surface area contributed by atoms with Crippen LogP contribution < -0.4 is 4.90 Å². The van der Waals surface area contributed by atoms with Gasteiger partial charge in [0.05, 0.1) is 12.1 Å². The number of hydrogen-bond donors (Lipinski definition) is 0. The first-order valence-electron chi connectivity index (χ1n) is 12.6. The van der Waals surface area contributed by atoms with E-state index in [1.807, 2.05) is 0 Å². The Morgan fingerprint density at radius 3 is 2.40 bits per heavy atom. The third kappa shape index (κ3) is 4.53. The van der Waals surface area contributed by atoms with Gasteiger partial charge in [-0.25, -0.2) is 8.78 Å².